The molecule has 7 N–H and O–H groups in total. The van der Waals surface area contributed by atoms with Gasteiger partial charge in [-0.1, -0.05) is 85.8 Å². The fraction of sp³-hybridized carbons (Fsp3) is 0.405. The summed E-state index contributed by atoms with van der Waals surface area (Å²) in [7, 11) is 1.00. The molecule has 10 nitrogen and oxygen atoms in total. The average molecular weight is 719 g/mol. The van der Waals surface area contributed by atoms with Crippen LogP contribution in [-0.2, 0) is 28.0 Å². The summed E-state index contributed by atoms with van der Waals surface area (Å²) in [6.45, 7) is 8.90. The molecule has 3 aromatic rings. The molecule has 1 aromatic heterocycles. The number of ether oxygens (including phenoxy) is 1. The van der Waals surface area contributed by atoms with E-state index >= 15 is 0 Å². The molecule has 0 spiro atoms. The van der Waals surface area contributed by atoms with Crippen molar-refractivity contribution in [3.63, 3.8) is 0 Å². The van der Waals surface area contributed by atoms with E-state index in [1.807, 2.05) is 55.6 Å². The van der Waals surface area contributed by atoms with Gasteiger partial charge in [-0.05, 0) is 81.3 Å². The largest absolute Gasteiger partial charge is 0.514 e. The number of aromatic nitrogens is 1. The maximum atomic E-state index is 10.5. The lowest BCUT2D eigenvalue weighted by Gasteiger charge is -2.31. The van der Waals surface area contributed by atoms with Crippen LogP contribution in [0.5, 0.6) is 5.75 Å². The standard InChI is InChI=1S/C21H28N2O2.C8H10.C7H8O.C3H7NO.C2H5NO.CH4O/c1-2-25-19-6-7-20(22-17-19)21(11-12-21)10-4-13-23-14-8-18(9-15-23)5-3-16-24;1-2-8-6-4-3-5-7-8;8-6-7-4-2-1-3-5-7;1-3(4)2-5;3-1-2-4;1-2/h4,6-7,11-13,16-18H,2-3,5,8-10,14-15H2,1H3;3-7H,2H2,1H3;1-5,8H,6H2;2,5H,4H2,1H3;2H,1,3H2;2H,1H3/b13-4+;;;3-2+;;. The van der Waals surface area contributed by atoms with Crippen LogP contribution in [0, 0.1) is 5.92 Å². The van der Waals surface area contributed by atoms with Gasteiger partial charge in [0.1, 0.15) is 18.3 Å². The van der Waals surface area contributed by atoms with E-state index in [4.69, 9.17) is 30.6 Å². The number of aldehydes is 2. The van der Waals surface area contributed by atoms with Crippen LogP contribution in [0.2, 0.25) is 0 Å². The molecule has 2 heterocycles. The zero-order valence-corrected chi connectivity index (χ0v) is 31.5. The predicted octanol–water partition coefficient (Wildman–Crippen LogP) is 6.43. The smallest absolute Gasteiger partial charge is 0.137 e. The van der Waals surface area contributed by atoms with Crippen LogP contribution in [0.3, 0.4) is 0 Å². The number of hydrogen-bond acceptors (Lipinski definition) is 10. The normalized spacial score (nSPS) is 13.8. The number of pyridine rings is 1. The Bertz CT molecular complexity index is 1330. The number of nitrogens with two attached hydrogens (primary N) is 2. The Kier molecular flexibility index (Phi) is 28.2. The Morgan fingerprint density at radius 1 is 0.942 bits per heavy atom. The van der Waals surface area contributed by atoms with Crippen LogP contribution < -0.4 is 16.2 Å². The molecule has 5 rings (SSSR count). The lowest BCUT2D eigenvalue weighted by Crippen LogP contribution is -2.29. The number of carbonyl (C=O) groups excluding carboxylic acids is 2. The van der Waals surface area contributed by atoms with E-state index in [0.717, 1.165) is 74.9 Å². The quantitative estimate of drug-likeness (QED) is 0.0799. The summed E-state index contributed by atoms with van der Waals surface area (Å²) in [5.41, 5.74) is 13.5. The van der Waals surface area contributed by atoms with Gasteiger partial charge >= 0.3 is 0 Å². The molecule has 2 aromatic carbocycles. The second kappa shape index (κ2) is 31.0. The molecule has 10 heteroatoms. The van der Waals surface area contributed by atoms with Crippen LogP contribution >= 0.6 is 0 Å². The molecule has 1 aliphatic heterocycles. The fourth-order valence-corrected chi connectivity index (χ4v) is 4.81. The summed E-state index contributed by atoms with van der Waals surface area (Å²) >= 11 is 0. The highest BCUT2D eigenvalue weighted by molar-refractivity contribution is 5.51. The van der Waals surface area contributed by atoms with Crippen molar-refractivity contribution in [2.24, 2.45) is 17.4 Å². The highest BCUT2D eigenvalue weighted by atomic mass is 16.5. The summed E-state index contributed by atoms with van der Waals surface area (Å²) in [5, 5.41) is 23.4. The minimum Gasteiger partial charge on any atom is -0.514 e. The number of aliphatic hydroxyl groups is 3. The highest BCUT2D eigenvalue weighted by Crippen LogP contribution is 2.41. The van der Waals surface area contributed by atoms with Gasteiger partial charge < -0.3 is 46.0 Å². The Morgan fingerprint density at radius 3 is 1.87 bits per heavy atom. The number of nitrogens with zero attached hydrogens (tertiary/aromatic N) is 2. The Labute approximate surface area is 311 Å². The minimum absolute atomic E-state index is 0.00350. The van der Waals surface area contributed by atoms with Gasteiger partial charge in [-0.3, -0.25) is 4.98 Å². The third-order valence-corrected chi connectivity index (χ3v) is 7.78. The zero-order chi connectivity index (χ0) is 38.9. The summed E-state index contributed by atoms with van der Waals surface area (Å²) in [6.07, 6.45) is 19.6. The van der Waals surface area contributed by atoms with Gasteiger partial charge in [-0.15, -0.1) is 0 Å². The Balaban J connectivity index is 0.000000781. The third-order valence-electron chi connectivity index (χ3n) is 7.78. The fourth-order valence-electron chi connectivity index (χ4n) is 4.81. The van der Waals surface area contributed by atoms with E-state index in [2.05, 4.69) is 77.3 Å². The molecule has 0 saturated carbocycles. The Hall–Kier alpha value is -4.77. The topological polar surface area (TPSA) is 172 Å². The molecule has 0 atom stereocenters. The molecule has 0 unspecified atom stereocenters. The van der Waals surface area contributed by atoms with E-state index < -0.39 is 0 Å². The first kappa shape index (κ1) is 47.2. The van der Waals surface area contributed by atoms with Crippen LogP contribution in [0.15, 0.2) is 115 Å². The zero-order valence-electron chi connectivity index (χ0n) is 31.5. The number of aryl methyl sites for hydroxylation is 1. The first-order valence-electron chi connectivity index (χ1n) is 17.8. The van der Waals surface area contributed by atoms with Crippen molar-refractivity contribution in [3.8, 4) is 5.75 Å². The summed E-state index contributed by atoms with van der Waals surface area (Å²) in [6, 6.07) is 24.0. The number of likely N-dealkylation sites (tertiary alicyclic amines) is 1. The van der Waals surface area contributed by atoms with E-state index in [1.54, 1.807) is 6.92 Å². The van der Waals surface area contributed by atoms with Gasteiger partial charge in [0.2, 0.25) is 0 Å². The van der Waals surface area contributed by atoms with Crippen molar-refractivity contribution < 1.29 is 29.6 Å². The van der Waals surface area contributed by atoms with E-state index in [1.165, 1.54) is 18.4 Å². The van der Waals surface area contributed by atoms with E-state index in [-0.39, 0.29) is 18.6 Å². The number of carbonyl (C=O) groups is 2. The molecular weight excluding hydrogens is 656 g/mol. The molecule has 0 radical (unpaired) electrons. The molecule has 1 saturated heterocycles. The lowest BCUT2D eigenvalue weighted by atomic mass is 9.92. The van der Waals surface area contributed by atoms with Gasteiger partial charge in [0.05, 0.1) is 36.8 Å². The molecule has 2 aliphatic rings. The molecule has 1 fully saturated rings. The summed E-state index contributed by atoms with van der Waals surface area (Å²) in [4.78, 5) is 26.5. The van der Waals surface area contributed by atoms with Crippen molar-refractivity contribution in [3.05, 3.63) is 132 Å². The molecule has 0 bridgehead atoms. The van der Waals surface area contributed by atoms with Crippen LogP contribution in [0.4, 0.5) is 0 Å². The highest BCUT2D eigenvalue weighted by Gasteiger charge is 2.36. The van der Waals surface area contributed by atoms with Crippen molar-refractivity contribution in [1.29, 1.82) is 0 Å². The number of hydrogen-bond donors (Lipinski definition) is 5. The maximum absolute atomic E-state index is 10.5. The minimum atomic E-state index is 0.00350. The SMILES string of the molecule is C/C(N)=C\O.CCOc1ccc(C2(C/C=C/N3CCC(CCC=O)CC3)C=C2)nc1.CCc1ccccc1.CO.NCC=O.OCc1ccccc1. The molecule has 286 valence electrons. The third kappa shape index (κ3) is 22.1. The number of benzene rings is 2. The van der Waals surface area contributed by atoms with Gasteiger partial charge in [0.15, 0.2) is 0 Å². The number of allylic oxidation sites excluding steroid dienone is 4. The van der Waals surface area contributed by atoms with Gasteiger partial charge in [-0.25, -0.2) is 0 Å². The van der Waals surface area contributed by atoms with Crippen LogP contribution in [0.1, 0.15) is 69.7 Å². The Morgan fingerprint density at radius 2 is 1.50 bits per heavy atom. The van der Waals surface area contributed by atoms with Crippen LogP contribution in [0.25, 0.3) is 0 Å². The first-order valence-corrected chi connectivity index (χ1v) is 17.8. The molecule has 1 aliphatic carbocycles. The van der Waals surface area contributed by atoms with Crippen molar-refractivity contribution in [1.82, 2.24) is 9.88 Å². The maximum Gasteiger partial charge on any atom is 0.137 e. The van der Waals surface area contributed by atoms with Gasteiger partial charge in [0.25, 0.3) is 0 Å². The van der Waals surface area contributed by atoms with Crippen LogP contribution in [-0.4, -0.2) is 71.1 Å². The van der Waals surface area contributed by atoms with Crippen molar-refractivity contribution in [2.75, 3.05) is 33.4 Å². The second-order valence-electron chi connectivity index (χ2n) is 11.8. The monoisotopic (exact) mass is 718 g/mol. The second-order valence-corrected chi connectivity index (χ2v) is 11.8. The summed E-state index contributed by atoms with van der Waals surface area (Å²) < 4.78 is 5.46. The van der Waals surface area contributed by atoms with Gasteiger partial charge in [0, 0.05) is 38.9 Å². The van der Waals surface area contributed by atoms with Gasteiger partial charge in [-0.2, -0.15) is 0 Å². The van der Waals surface area contributed by atoms with Crippen molar-refractivity contribution in [2.45, 2.75) is 71.3 Å². The number of aliphatic hydroxyl groups excluding tert-OH is 3. The molecular formula is C42H62N4O6. The number of rotatable bonds is 12. The van der Waals surface area contributed by atoms with E-state index in [9.17, 15) is 4.79 Å². The molecule has 0 amide bonds. The van der Waals surface area contributed by atoms with E-state index in [0.29, 0.717) is 25.0 Å². The van der Waals surface area contributed by atoms with Crippen molar-refractivity contribution >= 4 is 12.6 Å². The number of piperidine rings is 1. The first-order chi connectivity index (χ1) is 25.3. The predicted molar refractivity (Wildman–Crippen MR) is 212 cm³/mol. The molecule has 52 heavy (non-hydrogen) atoms. The lowest BCUT2D eigenvalue weighted by molar-refractivity contribution is -0.108. The summed E-state index contributed by atoms with van der Waals surface area (Å²) in [5.74, 6) is 1.55. The average Bonchev–Trinajstić information content (AvgIpc) is 4.01.